The molecule has 0 saturated carbocycles. The number of rotatable bonds is 7. The zero-order chi connectivity index (χ0) is 17.5. The second-order valence-electron chi connectivity index (χ2n) is 6.86. The zero-order valence-electron chi connectivity index (χ0n) is 15.9. The molecule has 0 bridgehead atoms. The van der Waals surface area contributed by atoms with E-state index < -0.39 is 0 Å². The number of anilines is 1. The summed E-state index contributed by atoms with van der Waals surface area (Å²) in [6.07, 6.45) is 3.14. The van der Waals surface area contributed by atoms with Gasteiger partial charge in [0.15, 0.2) is 0 Å². The van der Waals surface area contributed by atoms with Crippen molar-refractivity contribution in [3.8, 4) is 5.75 Å². The number of benzene rings is 1. The SMILES string of the molecule is Cc1cc(NC(=O)CC2CSCCN2)ccc1OCCN1CCCC1.Cl.Cl. The van der Waals surface area contributed by atoms with Gasteiger partial charge in [-0.25, -0.2) is 0 Å². The number of nitrogens with zero attached hydrogens (tertiary/aromatic N) is 1. The minimum atomic E-state index is 0. The summed E-state index contributed by atoms with van der Waals surface area (Å²) in [4.78, 5) is 14.6. The average molecular weight is 436 g/mol. The van der Waals surface area contributed by atoms with Crippen LogP contribution in [0.4, 0.5) is 5.69 Å². The molecule has 5 nitrogen and oxygen atoms in total. The van der Waals surface area contributed by atoms with Crippen LogP contribution in [-0.4, -0.2) is 61.1 Å². The summed E-state index contributed by atoms with van der Waals surface area (Å²) in [5.41, 5.74) is 1.91. The van der Waals surface area contributed by atoms with Gasteiger partial charge in [-0.3, -0.25) is 9.69 Å². The van der Waals surface area contributed by atoms with E-state index in [1.165, 1.54) is 25.9 Å². The summed E-state index contributed by atoms with van der Waals surface area (Å²) in [6.45, 7) is 7.12. The molecule has 2 aliphatic heterocycles. The van der Waals surface area contributed by atoms with Gasteiger partial charge in [-0.1, -0.05) is 0 Å². The molecule has 0 spiro atoms. The van der Waals surface area contributed by atoms with Crippen molar-refractivity contribution in [3.05, 3.63) is 23.8 Å². The number of aryl methyl sites for hydroxylation is 1. The van der Waals surface area contributed by atoms with E-state index in [-0.39, 0.29) is 36.8 Å². The lowest BCUT2D eigenvalue weighted by atomic mass is 10.2. The van der Waals surface area contributed by atoms with Crippen molar-refractivity contribution >= 4 is 48.2 Å². The number of nitrogens with one attached hydrogen (secondary N) is 2. The predicted molar refractivity (Wildman–Crippen MR) is 119 cm³/mol. The number of carbonyl (C=O) groups excluding carboxylic acids is 1. The summed E-state index contributed by atoms with van der Waals surface area (Å²) in [5.74, 6) is 3.12. The predicted octanol–water partition coefficient (Wildman–Crippen LogP) is 3.35. The van der Waals surface area contributed by atoms with Crippen molar-refractivity contribution in [2.45, 2.75) is 32.2 Å². The van der Waals surface area contributed by atoms with E-state index in [0.29, 0.717) is 6.42 Å². The van der Waals surface area contributed by atoms with Crippen LogP contribution in [0.5, 0.6) is 5.75 Å². The van der Waals surface area contributed by atoms with Crippen molar-refractivity contribution in [2.75, 3.05) is 49.6 Å². The Morgan fingerprint density at radius 1 is 1.33 bits per heavy atom. The highest BCUT2D eigenvalue weighted by Gasteiger charge is 2.17. The molecule has 2 saturated heterocycles. The van der Waals surface area contributed by atoms with Crippen LogP contribution in [0.15, 0.2) is 18.2 Å². The highest BCUT2D eigenvalue weighted by molar-refractivity contribution is 7.99. The Morgan fingerprint density at radius 2 is 2.11 bits per heavy atom. The van der Waals surface area contributed by atoms with Crippen LogP contribution >= 0.6 is 36.6 Å². The number of ether oxygens (including phenoxy) is 1. The molecule has 0 aromatic heterocycles. The first-order valence-electron chi connectivity index (χ1n) is 9.27. The molecule has 1 atom stereocenters. The average Bonchev–Trinajstić information content (AvgIpc) is 3.11. The van der Waals surface area contributed by atoms with Gasteiger partial charge in [0.25, 0.3) is 0 Å². The highest BCUT2D eigenvalue weighted by Crippen LogP contribution is 2.22. The molecule has 2 N–H and O–H groups in total. The third kappa shape index (κ3) is 8.08. The van der Waals surface area contributed by atoms with Gasteiger partial charge in [0, 0.05) is 42.7 Å². The fourth-order valence-electron chi connectivity index (χ4n) is 3.37. The molecule has 2 aliphatic rings. The molecule has 2 fully saturated rings. The minimum Gasteiger partial charge on any atom is -0.492 e. The van der Waals surface area contributed by atoms with E-state index in [0.717, 1.165) is 48.2 Å². The van der Waals surface area contributed by atoms with Gasteiger partial charge >= 0.3 is 0 Å². The van der Waals surface area contributed by atoms with Crippen molar-refractivity contribution < 1.29 is 9.53 Å². The first-order chi connectivity index (χ1) is 12.2. The van der Waals surface area contributed by atoms with E-state index >= 15 is 0 Å². The Morgan fingerprint density at radius 3 is 2.78 bits per heavy atom. The first-order valence-corrected chi connectivity index (χ1v) is 10.4. The van der Waals surface area contributed by atoms with Gasteiger partial charge in [-0.05, 0) is 56.6 Å². The number of halogens is 2. The van der Waals surface area contributed by atoms with Gasteiger partial charge in [-0.2, -0.15) is 11.8 Å². The molecule has 154 valence electrons. The van der Waals surface area contributed by atoms with Crippen molar-refractivity contribution in [3.63, 3.8) is 0 Å². The quantitative estimate of drug-likeness (QED) is 0.687. The van der Waals surface area contributed by atoms with Gasteiger partial charge < -0.3 is 15.4 Å². The topological polar surface area (TPSA) is 53.6 Å². The lowest BCUT2D eigenvalue weighted by Crippen LogP contribution is -2.39. The Balaban J connectivity index is 0.00000182. The number of hydrogen-bond acceptors (Lipinski definition) is 5. The normalized spacial score (nSPS) is 19.7. The third-order valence-electron chi connectivity index (χ3n) is 4.75. The van der Waals surface area contributed by atoms with Crippen LogP contribution in [0.25, 0.3) is 0 Å². The maximum absolute atomic E-state index is 12.2. The molecule has 3 rings (SSSR count). The highest BCUT2D eigenvalue weighted by atomic mass is 35.5. The van der Waals surface area contributed by atoms with E-state index in [1.807, 2.05) is 36.9 Å². The molecule has 1 aromatic carbocycles. The van der Waals surface area contributed by atoms with Crippen molar-refractivity contribution in [2.24, 2.45) is 0 Å². The summed E-state index contributed by atoms with van der Waals surface area (Å²) in [5, 5.41) is 6.40. The second-order valence-corrected chi connectivity index (χ2v) is 8.01. The van der Waals surface area contributed by atoms with E-state index in [2.05, 4.69) is 15.5 Å². The van der Waals surface area contributed by atoms with Crippen LogP contribution in [0, 0.1) is 6.92 Å². The molecular formula is C19H31Cl2N3O2S. The van der Waals surface area contributed by atoms with Crippen molar-refractivity contribution in [1.82, 2.24) is 10.2 Å². The monoisotopic (exact) mass is 435 g/mol. The zero-order valence-corrected chi connectivity index (χ0v) is 18.3. The van der Waals surface area contributed by atoms with Gasteiger partial charge in [0.2, 0.25) is 5.91 Å². The van der Waals surface area contributed by atoms with Crippen LogP contribution in [0.2, 0.25) is 0 Å². The van der Waals surface area contributed by atoms with Crippen molar-refractivity contribution in [1.29, 1.82) is 0 Å². The fraction of sp³-hybridized carbons (Fsp3) is 0.632. The molecular weight excluding hydrogens is 405 g/mol. The summed E-state index contributed by atoms with van der Waals surface area (Å²) < 4.78 is 5.91. The molecule has 1 aromatic rings. The number of amides is 1. The molecule has 8 heteroatoms. The summed E-state index contributed by atoms with van der Waals surface area (Å²) in [6, 6.07) is 6.17. The molecule has 0 radical (unpaired) electrons. The van der Waals surface area contributed by atoms with Crippen LogP contribution in [0.1, 0.15) is 24.8 Å². The molecule has 1 amide bonds. The molecule has 1 unspecified atom stereocenters. The van der Waals surface area contributed by atoms with Crippen LogP contribution in [-0.2, 0) is 4.79 Å². The van der Waals surface area contributed by atoms with E-state index in [1.54, 1.807) is 0 Å². The Kier molecular flexibility index (Phi) is 11.5. The van der Waals surface area contributed by atoms with Gasteiger partial charge in [0.1, 0.15) is 12.4 Å². The maximum atomic E-state index is 12.2. The Bertz CT molecular complexity index is 580. The number of likely N-dealkylation sites (tertiary alicyclic amines) is 1. The molecule has 27 heavy (non-hydrogen) atoms. The Hall–Kier alpha value is -0.660. The van der Waals surface area contributed by atoms with E-state index in [4.69, 9.17) is 4.74 Å². The van der Waals surface area contributed by atoms with Gasteiger partial charge in [0.05, 0.1) is 0 Å². The maximum Gasteiger partial charge on any atom is 0.225 e. The number of thioether (sulfide) groups is 1. The standard InChI is InChI=1S/C19H29N3O2S.2ClH/c1-15-12-16(21-19(23)13-17-14-25-11-6-20-17)4-5-18(15)24-10-9-22-7-2-3-8-22;;/h4-5,12,17,20H,2-3,6-11,13-14H2,1H3,(H,21,23);2*1H. The number of hydrogen-bond donors (Lipinski definition) is 2. The second kappa shape index (κ2) is 12.7. The summed E-state index contributed by atoms with van der Waals surface area (Å²) >= 11 is 1.91. The Labute approximate surface area is 179 Å². The lowest BCUT2D eigenvalue weighted by molar-refractivity contribution is -0.116. The molecule has 0 aliphatic carbocycles. The lowest BCUT2D eigenvalue weighted by Gasteiger charge is -2.22. The smallest absolute Gasteiger partial charge is 0.225 e. The first kappa shape index (κ1) is 24.4. The van der Waals surface area contributed by atoms with Crippen LogP contribution in [0.3, 0.4) is 0 Å². The van der Waals surface area contributed by atoms with Gasteiger partial charge in [-0.15, -0.1) is 24.8 Å². The minimum absolute atomic E-state index is 0. The number of carbonyl (C=O) groups is 1. The molecule has 2 heterocycles. The summed E-state index contributed by atoms with van der Waals surface area (Å²) in [7, 11) is 0. The third-order valence-corrected chi connectivity index (χ3v) is 5.88. The van der Waals surface area contributed by atoms with E-state index in [9.17, 15) is 4.79 Å². The fourth-order valence-corrected chi connectivity index (χ4v) is 4.32. The van der Waals surface area contributed by atoms with Crippen LogP contribution < -0.4 is 15.4 Å². The largest absolute Gasteiger partial charge is 0.492 e.